The third-order valence-electron chi connectivity index (χ3n) is 2.83. The largest absolute Gasteiger partial charge is 0.411 e. The van der Waals surface area contributed by atoms with Crippen LogP contribution in [-0.2, 0) is 4.79 Å². The van der Waals surface area contributed by atoms with E-state index < -0.39 is 0 Å². The highest BCUT2D eigenvalue weighted by molar-refractivity contribution is 6.00. The number of oxime groups is 1. The van der Waals surface area contributed by atoms with Gasteiger partial charge in [0.25, 0.3) is 0 Å². The van der Waals surface area contributed by atoms with Crippen molar-refractivity contribution in [1.82, 2.24) is 5.32 Å². The Kier molecular flexibility index (Phi) is 6.22. The number of benzene rings is 1. The number of hydrogen-bond donors (Lipinski definition) is 2. The van der Waals surface area contributed by atoms with Crippen molar-refractivity contribution in [3.05, 3.63) is 35.9 Å². The number of rotatable bonds is 6. The van der Waals surface area contributed by atoms with Crippen molar-refractivity contribution in [2.24, 2.45) is 10.6 Å². The van der Waals surface area contributed by atoms with E-state index in [2.05, 4.69) is 10.5 Å². The number of amides is 1. The van der Waals surface area contributed by atoms with E-state index in [-0.39, 0.29) is 11.3 Å². The van der Waals surface area contributed by atoms with Crippen LogP contribution < -0.4 is 5.32 Å². The molecule has 0 bridgehead atoms. The van der Waals surface area contributed by atoms with Crippen LogP contribution >= 0.6 is 0 Å². The summed E-state index contributed by atoms with van der Waals surface area (Å²) in [5.41, 5.74) is 1.57. The van der Waals surface area contributed by atoms with E-state index in [1.807, 2.05) is 51.1 Å². The molecule has 0 aliphatic rings. The van der Waals surface area contributed by atoms with Crippen LogP contribution in [0.4, 0.5) is 0 Å². The summed E-state index contributed by atoms with van der Waals surface area (Å²) < 4.78 is 0. The van der Waals surface area contributed by atoms with E-state index >= 15 is 0 Å². The van der Waals surface area contributed by atoms with Crippen LogP contribution in [-0.4, -0.2) is 23.4 Å². The molecule has 2 N–H and O–H groups in total. The Morgan fingerprint density at radius 2 is 1.90 bits per heavy atom. The van der Waals surface area contributed by atoms with Gasteiger partial charge in [0, 0.05) is 13.0 Å². The molecule has 1 rings (SSSR count). The summed E-state index contributed by atoms with van der Waals surface area (Å²) in [6, 6.07) is 9.56. The predicted molar refractivity (Wildman–Crippen MR) is 81.1 cm³/mol. The molecule has 0 aliphatic carbocycles. The van der Waals surface area contributed by atoms with E-state index in [0.717, 1.165) is 12.0 Å². The molecule has 1 aromatic rings. The standard InChI is InChI=1S/C16H24N2O2/c1-16(2,3)12-15(19)17-11-7-10-14(18-20)13-8-5-4-6-9-13/h4-6,8-9,20H,7,10-12H2,1-3H3,(H,17,19)/b18-14+. The summed E-state index contributed by atoms with van der Waals surface area (Å²) in [7, 11) is 0. The first kappa shape index (κ1) is 16.2. The summed E-state index contributed by atoms with van der Waals surface area (Å²) in [6.07, 6.45) is 1.91. The van der Waals surface area contributed by atoms with Crippen LogP contribution in [0.5, 0.6) is 0 Å². The molecule has 0 aromatic heterocycles. The van der Waals surface area contributed by atoms with Crippen LogP contribution in [0.2, 0.25) is 0 Å². The molecule has 0 atom stereocenters. The Morgan fingerprint density at radius 1 is 1.25 bits per heavy atom. The van der Waals surface area contributed by atoms with Crippen molar-refractivity contribution in [3.8, 4) is 0 Å². The van der Waals surface area contributed by atoms with Crippen molar-refractivity contribution >= 4 is 11.6 Å². The highest BCUT2D eigenvalue weighted by Gasteiger charge is 2.15. The van der Waals surface area contributed by atoms with Crippen molar-refractivity contribution in [3.63, 3.8) is 0 Å². The number of nitrogens with one attached hydrogen (secondary N) is 1. The Bertz CT molecular complexity index is 447. The SMILES string of the molecule is CC(C)(C)CC(=O)NCCC/C(=N\O)c1ccccc1. The second-order valence-electron chi connectivity index (χ2n) is 6.10. The highest BCUT2D eigenvalue weighted by atomic mass is 16.4. The summed E-state index contributed by atoms with van der Waals surface area (Å²) in [4.78, 5) is 11.7. The molecule has 20 heavy (non-hydrogen) atoms. The first-order valence-corrected chi connectivity index (χ1v) is 6.95. The van der Waals surface area contributed by atoms with E-state index in [1.165, 1.54) is 0 Å². The number of carbonyl (C=O) groups excluding carboxylic acids is 1. The Balaban J connectivity index is 2.32. The molecule has 4 heteroatoms. The minimum absolute atomic E-state index is 0.00579. The monoisotopic (exact) mass is 276 g/mol. The third-order valence-corrected chi connectivity index (χ3v) is 2.83. The van der Waals surface area contributed by atoms with Gasteiger partial charge in [-0.2, -0.15) is 0 Å². The van der Waals surface area contributed by atoms with Gasteiger partial charge in [0.1, 0.15) is 0 Å². The number of carbonyl (C=O) groups is 1. The predicted octanol–water partition coefficient (Wildman–Crippen LogP) is 3.20. The molecule has 1 amide bonds. The maximum absolute atomic E-state index is 11.7. The van der Waals surface area contributed by atoms with Crippen LogP contribution in [0.1, 0.15) is 45.6 Å². The number of hydrogen-bond acceptors (Lipinski definition) is 3. The average Bonchev–Trinajstić information content (AvgIpc) is 2.38. The summed E-state index contributed by atoms with van der Waals surface area (Å²) in [5, 5.41) is 15.3. The van der Waals surface area contributed by atoms with Gasteiger partial charge in [-0.3, -0.25) is 4.79 Å². The van der Waals surface area contributed by atoms with Gasteiger partial charge in [0.15, 0.2) is 0 Å². The van der Waals surface area contributed by atoms with E-state index in [9.17, 15) is 4.79 Å². The third kappa shape index (κ3) is 6.36. The molecule has 4 nitrogen and oxygen atoms in total. The summed E-state index contributed by atoms with van der Waals surface area (Å²) in [6.45, 7) is 6.72. The first-order valence-electron chi connectivity index (χ1n) is 6.95. The van der Waals surface area contributed by atoms with Gasteiger partial charge in [-0.1, -0.05) is 56.3 Å². The maximum Gasteiger partial charge on any atom is 0.220 e. The molecule has 0 saturated carbocycles. The first-order chi connectivity index (χ1) is 9.42. The number of nitrogens with zero attached hydrogens (tertiary/aromatic N) is 1. The minimum atomic E-state index is 0.00579. The average molecular weight is 276 g/mol. The van der Waals surface area contributed by atoms with Gasteiger partial charge in [0.2, 0.25) is 5.91 Å². The van der Waals surface area contributed by atoms with Crippen LogP contribution in [0.15, 0.2) is 35.5 Å². The van der Waals surface area contributed by atoms with Crippen LogP contribution in [0.25, 0.3) is 0 Å². The lowest BCUT2D eigenvalue weighted by Gasteiger charge is -2.17. The smallest absolute Gasteiger partial charge is 0.220 e. The lowest BCUT2D eigenvalue weighted by molar-refractivity contribution is -0.122. The maximum atomic E-state index is 11.7. The minimum Gasteiger partial charge on any atom is -0.411 e. The highest BCUT2D eigenvalue weighted by Crippen LogP contribution is 2.17. The Morgan fingerprint density at radius 3 is 2.45 bits per heavy atom. The van der Waals surface area contributed by atoms with Crippen molar-refractivity contribution in [2.75, 3.05) is 6.54 Å². The molecular weight excluding hydrogens is 252 g/mol. The summed E-state index contributed by atoms with van der Waals surface area (Å²) >= 11 is 0. The van der Waals surface area contributed by atoms with Gasteiger partial charge in [-0.05, 0) is 23.8 Å². The second kappa shape index (κ2) is 7.68. The van der Waals surface area contributed by atoms with E-state index in [1.54, 1.807) is 0 Å². The fourth-order valence-electron chi connectivity index (χ4n) is 1.91. The molecule has 0 aliphatic heterocycles. The van der Waals surface area contributed by atoms with E-state index in [0.29, 0.717) is 25.1 Å². The second-order valence-corrected chi connectivity index (χ2v) is 6.10. The zero-order valence-electron chi connectivity index (χ0n) is 12.5. The van der Waals surface area contributed by atoms with Crippen LogP contribution in [0.3, 0.4) is 0 Å². The van der Waals surface area contributed by atoms with Gasteiger partial charge < -0.3 is 10.5 Å². The van der Waals surface area contributed by atoms with Gasteiger partial charge in [-0.25, -0.2) is 0 Å². The molecule has 0 fully saturated rings. The molecule has 110 valence electrons. The fourth-order valence-corrected chi connectivity index (χ4v) is 1.91. The van der Waals surface area contributed by atoms with Crippen molar-refractivity contribution in [1.29, 1.82) is 0 Å². The molecule has 0 saturated heterocycles. The normalized spacial score (nSPS) is 12.2. The van der Waals surface area contributed by atoms with Gasteiger partial charge in [-0.15, -0.1) is 0 Å². The molecule has 0 unspecified atom stereocenters. The van der Waals surface area contributed by atoms with Crippen molar-refractivity contribution in [2.45, 2.75) is 40.0 Å². The zero-order chi connectivity index (χ0) is 15.0. The topological polar surface area (TPSA) is 61.7 Å². The fraction of sp³-hybridized carbons (Fsp3) is 0.500. The lowest BCUT2D eigenvalue weighted by atomic mass is 9.92. The summed E-state index contributed by atoms with van der Waals surface area (Å²) in [5.74, 6) is 0.0692. The zero-order valence-corrected chi connectivity index (χ0v) is 12.5. The Hall–Kier alpha value is -1.84. The molecule has 0 radical (unpaired) electrons. The molecule has 1 aromatic carbocycles. The van der Waals surface area contributed by atoms with Gasteiger partial charge in [0.05, 0.1) is 5.71 Å². The van der Waals surface area contributed by atoms with Gasteiger partial charge >= 0.3 is 0 Å². The Labute approximate surface area is 120 Å². The van der Waals surface area contributed by atoms with Crippen molar-refractivity contribution < 1.29 is 10.0 Å². The quantitative estimate of drug-likeness (QED) is 0.363. The molecule has 0 heterocycles. The van der Waals surface area contributed by atoms with E-state index in [4.69, 9.17) is 5.21 Å². The lowest BCUT2D eigenvalue weighted by Crippen LogP contribution is -2.28. The van der Waals surface area contributed by atoms with Crippen LogP contribution in [0, 0.1) is 5.41 Å². The molecule has 0 spiro atoms. The molecular formula is C16H24N2O2.